The van der Waals surface area contributed by atoms with Gasteiger partial charge in [-0.1, -0.05) is 147 Å². The van der Waals surface area contributed by atoms with E-state index in [2.05, 4.69) is 43.5 Å². The highest BCUT2D eigenvalue weighted by atomic mass is 31.2. The summed E-state index contributed by atoms with van der Waals surface area (Å²) in [7, 11) is -4.41. The number of hydrogen-bond acceptors (Lipinski definition) is 7. The summed E-state index contributed by atoms with van der Waals surface area (Å²) in [5, 5.41) is 12.6. The van der Waals surface area contributed by atoms with E-state index in [0.29, 0.717) is 6.42 Å². The van der Waals surface area contributed by atoms with Crippen molar-refractivity contribution < 1.29 is 37.9 Å². The number of rotatable bonds is 37. The van der Waals surface area contributed by atoms with Gasteiger partial charge >= 0.3 is 13.8 Å². The van der Waals surface area contributed by atoms with Crippen LogP contribution in [0.3, 0.4) is 0 Å². The van der Waals surface area contributed by atoms with Crippen LogP contribution in [-0.2, 0) is 27.9 Å². The molecule has 0 spiro atoms. The van der Waals surface area contributed by atoms with E-state index in [0.717, 1.165) is 44.9 Å². The average molecular weight is 716 g/mol. The second kappa shape index (κ2) is 36.3. The fraction of sp³-hybridized carbons (Fsp3) is 0.846. The van der Waals surface area contributed by atoms with Crippen LogP contribution in [0.25, 0.3) is 0 Å². The van der Waals surface area contributed by atoms with Gasteiger partial charge in [-0.15, -0.1) is 0 Å². The summed E-state index contributed by atoms with van der Waals surface area (Å²) in [5.41, 5.74) is 0. The first-order valence-electron chi connectivity index (χ1n) is 19.8. The molecule has 0 aromatic carbocycles. The van der Waals surface area contributed by atoms with Crippen LogP contribution < -0.4 is 5.32 Å². The van der Waals surface area contributed by atoms with E-state index in [-0.39, 0.29) is 32.1 Å². The first kappa shape index (κ1) is 47.5. The molecule has 3 N–H and O–H groups in total. The van der Waals surface area contributed by atoms with E-state index in [4.69, 9.17) is 13.8 Å². The molecule has 0 aliphatic heterocycles. The predicted molar refractivity (Wildman–Crippen MR) is 201 cm³/mol. The molecule has 0 fully saturated rings. The third-order valence-electron chi connectivity index (χ3n) is 8.38. The number of allylic oxidation sites excluding steroid dienone is 4. The number of phosphoric acid groups is 1. The molecule has 0 aromatic rings. The molecule has 49 heavy (non-hydrogen) atoms. The third-order valence-corrected chi connectivity index (χ3v) is 9.37. The minimum atomic E-state index is -4.41. The Morgan fingerprint density at radius 1 is 0.633 bits per heavy atom. The maximum atomic E-state index is 12.0. The van der Waals surface area contributed by atoms with Gasteiger partial charge in [0, 0.05) is 19.4 Å². The van der Waals surface area contributed by atoms with Gasteiger partial charge in [-0.3, -0.25) is 18.6 Å². The average Bonchev–Trinajstić information content (AvgIpc) is 3.08. The molecule has 0 radical (unpaired) electrons. The smallest absolute Gasteiger partial charge is 0.463 e. The lowest BCUT2D eigenvalue weighted by atomic mass is 10.1. The predicted octanol–water partition coefficient (Wildman–Crippen LogP) is 10.4. The SMILES string of the molecule is CCCCC/C=C\C/C=C\CCCCCCCCCCCC(=O)NCCOP(=O)(O)OCC(O)COC(=O)CCCCCCCCCCC. The summed E-state index contributed by atoms with van der Waals surface area (Å²) >= 11 is 0. The molecule has 0 aliphatic rings. The van der Waals surface area contributed by atoms with Crippen LogP contribution in [-0.4, -0.2) is 54.3 Å². The maximum Gasteiger partial charge on any atom is 0.472 e. The molecule has 0 aliphatic carbocycles. The van der Waals surface area contributed by atoms with Crippen molar-refractivity contribution in [1.29, 1.82) is 0 Å². The molecule has 0 saturated carbocycles. The molecule has 1 amide bonds. The zero-order valence-electron chi connectivity index (χ0n) is 31.4. The largest absolute Gasteiger partial charge is 0.472 e. The number of aliphatic hydroxyl groups excluding tert-OH is 1. The van der Waals surface area contributed by atoms with Crippen LogP contribution in [0.15, 0.2) is 24.3 Å². The molecule has 9 nitrogen and oxygen atoms in total. The van der Waals surface area contributed by atoms with Crippen LogP contribution in [0.4, 0.5) is 0 Å². The Morgan fingerprint density at radius 2 is 1.10 bits per heavy atom. The van der Waals surface area contributed by atoms with E-state index in [1.165, 1.54) is 109 Å². The van der Waals surface area contributed by atoms with E-state index < -0.39 is 26.5 Å². The minimum Gasteiger partial charge on any atom is -0.463 e. The number of nitrogens with one attached hydrogen (secondary N) is 1. The van der Waals surface area contributed by atoms with Gasteiger partial charge in [0.1, 0.15) is 12.7 Å². The highest BCUT2D eigenvalue weighted by Crippen LogP contribution is 2.42. The molecule has 2 atom stereocenters. The van der Waals surface area contributed by atoms with Gasteiger partial charge in [-0.25, -0.2) is 4.57 Å². The highest BCUT2D eigenvalue weighted by Gasteiger charge is 2.23. The number of hydrogen-bond donors (Lipinski definition) is 3. The molecule has 2 unspecified atom stereocenters. The van der Waals surface area contributed by atoms with Crippen LogP contribution in [0.5, 0.6) is 0 Å². The Kier molecular flexibility index (Phi) is 35.2. The van der Waals surface area contributed by atoms with Crippen molar-refractivity contribution in [2.45, 2.75) is 187 Å². The Labute approximate surface area is 300 Å². The quantitative estimate of drug-likeness (QED) is 0.0251. The zero-order chi connectivity index (χ0) is 36.1. The number of esters is 1. The number of aliphatic hydroxyl groups is 1. The van der Waals surface area contributed by atoms with Crippen molar-refractivity contribution in [1.82, 2.24) is 5.32 Å². The third kappa shape index (κ3) is 37.6. The van der Waals surface area contributed by atoms with Crippen LogP contribution in [0.2, 0.25) is 0 Å². The molecule has 0 aromatic heterocycles. The molecule has 0 saturated heterocycles. The van der Waals surface area contributed by atoms with E-state index in [1.807, 2.05) is 0 Å². The molecule has 0 rings (SSSR count). The lowest BCUT2D eigenvalue weighted by Gasteiger charge is -2.15. The first-order chi connectivity index (χ1) is 23.8. The lowest BCUT2D eigenvalue weighted by molar-refractivity contribution is -0.147. The maximum absolute atomic E-state index is 12.0. The number of ether oxygens (including phenoxy) is 1. The summed E-state index contributed by atoms with van der Waals surface area (Å²) in [6.45, 7) is 3.50. The van der Waals surface area contributed by atoms with Gasteiger partial charge in [-0.2, -0.15) is 0 Å². The Balaban J connectivity index is 3.59. The van der Waals surface area contributed by atoms with E-state index >= 15 is 0 Å². The molecule has 10 heteroatoms. The van der Waals surface area contributed by atoms with Crippen molar-refractivity contribution in [3.05, 3.63) is 24.3 Å². The van der Waals surface area contributed by atoms with Crippen LogP contribution in [0.1, 0.15) is 181 Å². The van der Waals surface area contributed by atoms with Gasteiger partial charge < -0.3 is 20.1 Å². The van der Waals surface area contributed by atoms with Crippen LogP contribution >= 0.6 is 7.82 Å². The standard InChI is InChI=1S/C39H74NO8P/c1-3-5-7-9-11-13-14-15-16-17-18-19-20-21-22-24-25-27-29-31-38(42)40-33-34-47-49(44,45)48-36-37(41)35-46-39(43)32-30-28-26-23-12-10-8-6-4-2/h11,13,15-16,37,41H,3-10,12,14,17-36H2,1-2H3,(H,40,42)(H,44,45)/b13-11-,16-15-. The summed E-state index contributed by atoms with van der Waals surface area (Å²) in [6.07, 6.45) is 36.8. The van der Waals surface area contributed by atoms with Crippen molar-refractivity contribution in [3.8, 4) is 0 Å². The number of unbranched alkanes of at least 4 members (excludes halogenated alkanes) is 20. The topological polar surface area (TPSA) is 131 Å². The van der Waals surface area contributed by atoms with Gasteiger partial charge in [0.25, 0.3) is 0 Å². The fourth-order valence-corrected chi connectivity index (χ4v) is 6.11. The van der Waals surface area contributed by atoms with Gasteiger partial charge in [0.05, 0.1) is 13.2 Å². The fourth-order valence-electron chi connectivity index (χ4n) is 5.35. The van der Waals surface area contributed by atoms with E-state index in [1.54, 1.807) is 0 Å². The molecular formula is C39H74NO8P. The van der Waals surface area contributed by atoms with Gasteiger partial charge in [-0.05, 0) is 44.9 Å². The highest BCUT2D eigenvalue weighted by molar-refractivity contribution is 7.47. The zero-order valence-corrected chi connectivity index (χ0v) is 32.3. The Bertz CT molecular complexity index is 866. The summed E-state index contributed by atoms with van der Waals surface area (Å²) in [6, 6.07) is 0. The first-order valence-corrected chi connectivity index (χ1v) is 21.3. The Morgan fingerprint density at radius 3 is 1.67 bits per heavy atom. The van der Waals surface area contributed by atoms with Gasteiger partial charge in [0.15, 0.2) is 0 Å². The van der Waals surface area contributed by atoms with E-state index in [9.17, 15) is 24.2 Å². The molecular weight excluding hydrogens is 641 g/mol. The Hall–Kier alpha value is -1.51. The second-order valence-corrected chi connectivity index (χ2v) is 14.7. The number of phosphoric ester groups is 1. The lowest BCUT2D eigenvalue weighted by Crippen LogP contribution is -2.27. The summed E-state index contributed by atoms with van der Waals surface area (Å²) in [4.78, 5) is 33.7. The monoisotopic (exact) mass is 716 g/mol. The van der Waals surface area contributed by atoms with Gasteiger partial charge in [0.2, 0.25) is 5.91 Å². The minimum absolute atomic E-state index is 0.0811. The summed E-state index contributed by atoms with van der Waals surface area (Å²) in [5.74, 6) is -0.521. The van der Waals surface area contributed by atoms with Crippen molar-refractivity contribution in [2.24, 2.45) is 0 Å². The normalized spacial score (nSPS) is 13.6. The number of carbonyl (C=O) groups excluding carboxylic acids is 2. The van der Waals surface area contributed by atoms with Crippen LogP contribution in [0, 0.1) is 0 Å². The molecule has 0 bridgehead atoms. The number of carbonyl (C=O) groups is 2. The molecule has 0 heterocycles. The number of amides is 1. The molecule has 288 valence electrons. The second-order valence-electron chi connectivity index (χ2n) is 13.3. The van der Waals surface area contributed by atoms with Crippen molar-refractivity contribution in [2.75, 3.05) is 26.4 Å². The van der Waals surface area contributed by atoms with Crippen molar-refractivity contribution >= 4 is 19.7 Å². The summed E-state index contributed by atoms with van der Waals surface area (Å²) < 4.78 is 26.7. The van der Waals surface area contributed by atoms with Crippen molar-refractivity contribution in [3.63, 3.8) is 0 Å².